The van der Waals surface area contributed by atoms with Crippen LogP contribution in [-0.4, -0.2) is 10.8 Å². The molecule has 2 heteroatoms. The lowest BCUT2D eigenvalue weighted by Gasteiger charge is -2.10. The average molecular weight is 275 g/mol. The van der Waals surface area contributed by atoms with Gasteiger partial charge in [0.05, 0.1) is 5.52 Å². The van der Waals surface area contributed by atoms with Gasteiger partial charge in [0.15, 0.2) is 5.78 Å². The zero-order valence-electron chi connectivity index (χ0n) is 12.5. The molecule has 0 atom stereocenters. The predicted molar refractivity (Wildman–Crippen MR) is 85.8 cm³/mol. The van der Waals surface area contributed by atoms with Crippen LogP contribution in [0.4, 0.5) is 0 Å². The molecule has 0 fully saturated rings. The quantitative estimate of drug-likeness (QED) is 0.649. The normalized spacial score (nSPS) is 10.8. The minimum atomic E-state index is 0.0675. The molecule has 104 valence electrons. The monoisotopic (exact) mass is 275 g/mol. The number of carbonyl (C=O) groups is 1. The molecule has 0 spiro atoms. The highest BCUT2D eigenvalue weighted by atomic mass is 16.1. The van der Waals surface area contributed by atoms with Crippen LogP contribution in [0.3, 0.4) is 0 Å². The third kappa shape index (κ3) is 2.45. The van der Waals surface area contributed by atoms with Crippen molar-refractivity contribution in [3.63, 3.8) is 0 Å². The van der Waals surface area contributed by atoms with Crippen molar-refractivity contribution in [2.75, 3.05) is 0 Å². The van der Waals surface area contributed by atoms with E-state index in [0.29, 0.717) is 0 Å². The minimum absolute atomic E-state index is 0.0675. The molecule has 0 amide bonds. The van der Waals surface area contributed by atoms with E-state index in [-0.39, 0.29) is 5.78 Å². The molecule has 0 aliphatic heterocycles. The van der Waals surface area contributed by atoms with E-state index < -0.39 is 0 Å². The van der Waals surface area contributed by atoms with Crippen molar-refractivity contribution in [1.29, 1.82) is 0 Å². The maximum atomic E-state index is 13.0. The van der Waals surface area contributed by atoms with Gasteiger partial charge in [-0.25, -0.2) is 0 Å². The molecule has 0 aliphatic rings. The highest BCUT2D eigenvalue weighted by Gasteiger charge is 2.16. The molecule has 1 aromatic heterocycles. The Morgan fingerprint density at radius 3 is 2.48 bits per heavy atom. The van der Waals surface area contributed by atoms with Gasteiger partial charge in [0, 0.05) is 22.2 Å². The summed E-state index contributed by atoms with van der Waals surface area (Å²) in [6, 6.07) is 15.7. The number of carbonyl (C=O) groups excluding carboxylic acids is 1. The summed E-state index contributed by atoms with van der Waals surface area (Å²) in [4.78, 5) is 17.5. The molecule has 0 unspecified atom stereocenters. The summed E-state index contributed by atoms with van der Waals surface area (Å²) >= 11 is 0. The number of aromatic nitrogens is 1. The largest absolute Gasteiger partial charge is 0.289 e. The number of hydrogen-bond acceptors (Lipinski definition) is 2. The first-order valence-electron chi connectivity index (χ1n) is 7.04. The van der Waals surface area contributed by atoms with Crippen molar-refractivity contribution in [2.24, 2.45) is 0 Å². The Balaban J connectivity index is 2.24. The number of rotatable bonds is 2. The lowest BCUT2D eigenvalue weighted by Crippen LogP contribution is -2.06. The number of fused-ring (bicyclic) bond motifs is 1. The Kier molecular flexibility index (Phi) is 3.30. The van der Waals surface area contributed by atoms with Crippen molar-refractivity contribution in [3.8, 4) is 0 Å². The molecule has 0 saturated carbocycles. The van der Waals surface area contributed by atoms with Crippen LogP contribution in [0.5, 0.6) is 0 Å². The van der Waals surface area contributed by atoms with Crippen LogP contribution in [0.25, 0.3) is 10.9 Å². The third-order valence-electron chi connectivity index (χ3n) is 3.73. The summed E-state index contributed by atoms with van der Waals surface area (Å²) in [5.41, 5.74) is 5.33. The van der Waals surface area contributed by atoms with Gasteiger partial charge >= 0.3 is 0 Å². The fourth-order valence-corrected chi connectivity index (χ4v) is 2.62. The topological polar surface area (TPSA) is 30.0 Å². The van der Waals surface area contributed by atoms with Crippen LogP contribution >= 0.6 is 0 Å². The Hall–Kier alpha value is -2.48. The number of hydrogen-bond donors (Lipinski definition) is 0. The van der Waals surface area contributed by atoms with Crippen molar-refractivity contribution >= 4 is 16.7 Å². The molecular weight excluding hydrogens is 258 g/mol. The second kappa shape index (κ2) is 5.13. The fraction of sp³-hybridized carbons (Fsp3) is 0.158. The summed E-state index contributed by atoms with van der Waals surface area (Å²) in [5.74, 6) is 0.0675. The van der Waals surface area contributed by atoms with E-state index in [2.05, 4.69) is 4.98 Å². The second-order valence-electron chi connectivity index (χ2n) is 5.48. The van der Waals surface area contributed by atoms with Gasteiger partial charge in [0.2, 0.25) is 0 Å². The number of aryl methyl sites for hydroxylation is 3. The lowest BCUT2D eigenvalue weighted by atomic mass is 9.95. The van der Waals surface area contributed by atoms with Gasteiger partial charge < -0.3 is 0 Å². The second-order valence-corrected chi connectivity index (χ2v) is 5.48. The molecule has 2 nitrogen and oxygen atoms in total. The van der Waals surface area contributed by atoms with E-state index >= 15 is 0 Å². The number of ketones is 1. The zero-order chi connectivity index (χ0) is 15.0. The molecular formula is C19H17NO. The first-order chi connectivity index (χ1) is 10.1. The maximum absolute atomic E-state index is 13.0. The predicted octanol–water partition coefficient (Wildman–Crippen LogP) is 4.39. The molecule has 0 aliphatic carbocycles. The van der Waals surface area contributed by atoms with Crippen LogP contribution in [0.2, 0.25) is 0 Å². The summed E-state index contributed by atoms with van der Waals surface area (Å²) < 4.78 is 0. The van der Waals surface area contributed by atoms with E-state index in [1.54, 1.807) is 0 Å². The van der Waals surface area contributed by atoms with Crippen molar-refractivity contribution < 1.29 is 4.79 Å². The number of para-hydroxylation sites is 1. The van der Waals surface area contributed by atoms with Gasteiger partial charge in [-0.05, 0) is 44.5 Å². The molecule has 0 saturated heterocycles. The van der Waals surface area contributed by atoms with Crippen molar-refractivity contribution in [1.82, 2.24) is 4.98 Å². The number of benzene rings is 2. The number of pyridine rings is 1. The maximum Gasteiger partial charge on any atom is 0.194 e. The average Bonchev–Trinajstić information content (AvgIpc) is 2.48. The molecule has 0 N–H and O–H groups in total. The molecule has 0 radical (unpaired) electrons. The van der Waals surface area contributed by atoms with E-state index in [1.165, 1.54) is 0 Å². The Labute approximate surface area is 124 Å². The zero-order valence-corrected chi connectivity index (χ0v) is 12.5. The first-order valence-corrected chi connectivity index (χ1v) is 7.04. The van der Waals surface area contributed by atoms with E-state index in [4.69, 9.17) is 0 Å². The molecule has 0 bridgehead atoms. The standard InChI is InChI=1S/C19H17NO/c1-12-8-9-13(2)16(10-12)19(21)17-11-14(3)20-18-7-5-4-6-15(17)18/h4-11H,1-3H3. The van der Waals surface area contributed by atoms with Gasteiger partial charge in [-0.15, -0.1) is 0 Å². The summed E-state index contributed by atoms with van der Waals surface area (Å²) in [6.07, 6.45) is 0. The highest BCUT2D eigenvalue weighted by Crippen LogP contribution is 2.23. The van der Waals surface area contributed by atoms with Crippen LogP contribution in [0.15, 0.2) is 48.5 Å². The number of nitrogens with zero attached hydrogens (tertiary/aromatic N) is 1. The highest BCUT2D eigenvalue weighted by molar-refractivity contribution is 6.16. The summed E-state index contributed by atoms with van der Waals surface area (Å²) in [7, 11) is 0. The molecule has 3 aromatic rings. The van der Waals surface area contributed by atoms with Crippen LogP contribution in [-0.2, 0) is 0 Å². The SMILES string of the molecule is Cc1ccc(C)c(C(=O)c2cc(C)nc3ccccc23)c1. The van der Waals surface area contributed by atoms with Gasteiger partial charge in [0.25, 0.3) is 0 Å². The van der Waals surface area contributed by atoms with Gasteiger partial charge in [-0.3, -0.25) is 9.78 Å². The summed E-state index contributed by atoms with van der Waals surface area (Å²) in [6.45, 7) is 5.90. The Morgan fingerprint density at radius 1 is 0.905 bits per heavy atom. The minimum Gasteiger partial charge on any atom is -0.289 e. The first kappa shape index (κ1) is 13.5. The molecule has 21 heavy (non-hydrogen) atoms. The van der Waals surface area contributed by atoms with Crippen LogP contribution in [0, 0.1) is 20.8 Å². The van der Waals surface area contributed by atoms with Gasteiger partial charge in [-0.2, -0.15) is 0 Å². The van der Waals surface area contributed by atoms with E-state index in [0.717, 1.165) is 38.9 Å². The lowest BCUT2D eigenvalue weighted by molar-refractivity contribution is 0.103. The van der Waals surface area contributed by atoms with Gasteiger partial charge in [0.1, 0.15) is 0 Å². The molecule has 1 heterocycles. The summed E-state index contributed by atoms with van der Waals surface area (Å²) in [5, 5.41) is 0.911. The Morgan fingerprint density at radius 2 is 1.67 bits per heavy atom. The molecule has 3 rings (SSSR count). The van der Waals surface area contributed by atoms with Crippen molar-refractivity contribution in [3.05, 3.63) is 76.5 Å². The van der Waals surface area contributed by atoms with Crippen molar-refractivity contribution in [2.45, 2.75) is 20.8 Å². The van der Waals surface area contributed by atoms with E-state index in [1.807, 2.05) is 69.3 Å². The van der Waals surface area contributed by atoms with Crippen LogP contribution < -0.4 is 0 Å². The Bertz CT molecular complexity index is 849. The fourth-order valence-electron chi connectivity index (χ4n) is 2.62. The molecule has 2 aromatic carbocycles. The smallest absolute Gasteiger partial charge is 0.194 e. The van der Waals surface area contributed by atoms with Gasteiger partial charge in [-0.1, -0.05) is 35.9 Å². The van der Waals surface area contributed by atoms with E-state index in [9.17, 15) is 4.79 Å². The third-order valence-corrected chi connectivity index (χ3v) is 3.73. The van der Waals surface area contributed by atoms with Crippen LogP contribution in [0.1, 0.15) is 32.7 Å².